The molecule has 0 bridgehead atoms. The van der Waals surface area contributed by atoms with Crippen LogP contribution in [0.5, 0.6) is 5.88 Å². The molecule has 17 heavy (non-hydrogen) atoms. The van der Waals surface area contributed by atoms with Crippen LogP contribution in [0.4, 0.5) is 5.82 Å². The smallest absolute Gasteiger partial charge is 0.218 e. The summed E-state index contributed by atoms with van der Waals surface area (Å²) in [5.41, 5.74) is 0. The van der Waals surface area contributed by atoms with Gasteiger partial charge in [-0.15, -0.1) is 0 Å². The first-order valence-corrected chi connectivity index (χ1v) is 7.29. The summed E-state index contributed by atoms with van der Waals surface area (Å²) in [6, 6.07) is 1.86. The van der Waals surface area contributed by atoms with Crippen molar-refractivity contribution in [3.8, 4) is 5.88 Å². The summed E-state index contributed by atoms with van der Waals surface area (Å²) >= 11 is 0. The summed E-state index contributed by atoms with van der Waals surface area (Å²) in [6.45, 7) is 6.27. The zero-order valence-electron chi connectivity index (χ0n) is 10.7. The molecule has 1 heterocycles. The van der Waals surface area contributed by atoms with Crippen LogP contribution in [0.2, 0.25) is 0 Å². The lowest BCUT2D eigenvalue weighted by Gasteiger charge is -2.14. The number of hydrogen-bond donors (Lipinski definition) is 1. The molecular weight excluding hydrogens is 238 g/mol. The van der Waals surface area contributed by atoms with Crippen molar-refractivity contribution in [2.75, 3.05) is 23.9 Å². The van der Waals surface area contributed by atoms with Crippen molar-refractivity contribution in [3.63, 3.8) is 0 Å². The Balaban J connectivity index is 2.72. The molecule has 0 saturated carbocycles. The second-order valence-corrected chi connectivity index (χ2v) is 5.34. The third kappa shape index (κ3) is 5.12. The first kappa shape index (κ1) is 13.9. The largest absolute Gasteiger partial charge is 0.478 e. The molecule has 2 unspecified atom stereocenters. The Kier molecular flexibility index (Phi) is 5.34. The zero-order chi connectivity index (χ0) is 12.8. The summed E-state index contributed by atoms with van der Waals surface area (Å²) in [5, 5.41) is 3.19. The molecular formula is C11H19N3O2S. The van der Waals surface area contributed by atoms with E-state index in [1.54, 1.807) is 12.3 Å². The lowest BCUT2D eigenvalue weighted by atomic mass is 10.4. The zero-order valence-corrected chi connectivity index (χ0v) is 11.5. The second-order valence-electron chi connectivity index (χ2n) is 3.86. The number of ether oxygens (including phenoxy) is 1. The van der Waals surface area contributed by atoms with Gasteiger partial charge < -0.3 is 10.1 Å². The first-order valence-electron chi connectivity index (χ1n) is 5.56. The molecule has 2 atom stereocenters. The summed E-state index contributed by atoms with van der Waals surface area (Å²) in [7, 11) is -0.821. The number of nitrogens with zero attached hydrogens (tertiary/aromatic N) is 2. The highest BCUT2D eigenvalue weighted by Gasteiger charge is 2.07. The molecule has 96 valence electrons. The molecule has 1 aromatic rings. The summed E-state index contributed by atoms with van der Waals surface area (Å²) < 4.78 is 16.4. The Bertz CT molecular complexity index is 398. The van der Waals surface area contributed by atoms with Crippen LogP contribution in [0.1, 0.15) is 19.7 Å². The molecule has 0 aliphatic heterocycles. The molecule has 1 aromatic heterocycles. The van der Waals surface area contributed by atoms with E-state index in [0.717, 1.165) is 0 Å². The molecule has 6 heteroatoms. The molecule has 0 saturated heterocycles. The molecule has 5 nitrogen and oxygen atoms in total. The van der Waals surface area contributed by atoms with Gasteiger partial charge in [0.25, 0.3) is 0 Å². The Hall–Kier alpha value is -1.17. The maximum atomic E-state index is 11.1. The SMILES string of the molecule is CCOc1cc(NC(C)CS(C)=O)nc(C)n1. The van der Waals surface area contributed by atoms with Crippen molar-refractivity contribution in [2.24, 2.45) is 0 Å². The van der Waals surface area contributed by atoms with Crippen molar-refractivity contribution in [1.29, 1.82) is 0 Å². The Morgan fingerprint density at radius 3 is 2.82 bits per heavy atom. The summed E-state index contributed by atoms with van der Waals surface area (Å²) in [4.78, 5) is 8.42. The van der Waals surface area contributed by atoms with Crippen molar-refractivity contribution in [1.82, 2.24) is 9.97 Å². The number of rotatable bonds is 6. The van der Waals surface area contributed by atoms with Gasteiger partial charge in [0.15, 0.2) is 0 Å². The molecule has 1 N–H and O–H groups in total. The normalized spacial score (nSPS) is 14.1. The van der Waals surface area contributed by atoms with Gasteiger partial charge >= 0.3 is 0 Å². The Morgan fingerprint density at radius 1 is 1.53 bits per heavy atom. The van der Waals surface area contributed by atoms with Gasteiger partial charge in [-0.2, -0.15) is 4.98 Å². The second kappa shape index (κ2) is 6.54. The highest BCUT2D eigenvalue weighted by atomic mass is 32.2. The molecule has 0 aliphatic rings. The monoisotopic (exact) mass is 257 g/mol. The predicted molar refractivity (Wildman–Crippen MR) is 70.0 cm³/mol. The Labute approximate surface area is 104 Å². The van der Waals surface area contributed by atoms with Gasteiger partial charge in [0.2, 0.25) is 5.88 Å². The van der Waals surface area contributed by atoms with Crippen LogP contribution >= 0.6 is 0 Å². The quantitative estimate of drug-likeness (QED) is 0.833. The highest BCUT2D eigenvalue weighted by molar-refractivity contribution is 7.84. The van der Waals surface area contributed by atoms with E-state index in [9.17, 15) is 4.21 Å². The number of aryl methyl sites for hydroxylation is 1. The van der Waals surface area contributed by atoms with Gasteiger partial charge in [-0.05, 0) is 20.8 Å². The van der Waals surface area contributed by atoms with Gasteiger partial charge in [-0.3, -0.25) is 4.21 Å². The maximum Gasteiger partial charge on any atom is 0.218 e. The number of anilines is 1. The molecule has 0 amide bonds. The lowest BCUT2D eigenvalue weighted by Crippen LogP contribution is -2.23. The average Bonchev–Trinajstić information content (AvgIpc) is 2.14. The van der Waals surface area contributed by atoms with Gasteiger partial charge in [0, 0.05) is 34.9 Å². The van der Waals surface area contributed by atoms with Crippen molar-refractivity contribution < 1.29 is 8.95 Å². The van der Waals surface area contributed by atoms with Crippen LogP contribution in [0.25, 0.3) is 0 Å². The molecule has 0 aliphatic carbocycles. The molecule has 0 spiro atoms. The van der Waals surface area contributed by atoms with E-state index in [1.165, 1.54) is 0 Å². The van der Waals surface area contributed by atoms with Crippen LogP contribution < -0.4 is 10.1 Å². The van der Waals surface area contributed by atoms with E-state index in [4.69, 9.17) is 4.74 Å². The fourth-order valence-electron chi connectivity index (χ4n) is 1.48. The van der Waals surface area contributed by atoms with E-state index in [0.29, 0.717) is 29.9 Å². The van der Waals surface area contributed by atoms with Crippen molar-refractivity contribution in [3.05, 3.63) is 11.9 Å². The van der Waals surface area contributed by atoms with Gasteiger partial charge in [0.1, 0.15) is 11.6 Å². The third-order valence-electron chi connectivity index (χ3n) is 1.99. The van der Waals surface area contributed by atoms with Crippen LogP contribution in [0.15, 0.2) is 6.07 Å². The minimum absolute atomic E-state index is 0.101. The summed E-state index contributed by atoms with van der Waals surface area (Å²) in [6.07, 6.45) is 1.69. The number of nitrogens with one attached hydrogen (secondary N) is 1. The molecule has 1 rings (SSSR count). The van der Waals surface area contributed by atoms with E-state index in [1.807, 2.05) is 20.8 Å². The van der Waals surface area contributed by atoms with Crippen molar-refractivity contribution in [2.45, 2.75) is 26.8 Å². The molecule has 0 radical (unpaired) electrons. The van der Waals surface area contributed by atoms with Crippen LogP contribution in [0.3, 0.4) is 0 Å². The van der Waals surface area contributed by atoms with Crippen LogP contribution in [-0.2, 0) is 10.8 Å². The Morgan fingerprint density at radius 2 is 2.24 bits per heavy atom. The van der Waals surface area contributed by atoms with Crippen molar-refractivity contribution >= 4 is 16.6 Å². The maximum absolute atomic E-state index is 11.1. The highest BCUT2D eigenvalue weighted by Crippen LogP contribution is 2.14. The molecule has 0 fully saturated rings. The van der Waals surface area contributed by atoms with Gasteiger partial charge in [-0.1, -0.05) is 0 Å². The van der Waals surface area contributed by atoms with E-state index in [2.05, 4.69) is 15.3 Å². The van der Waals surface area contributed by atoms with Crippen LogP contribution in [0, 0.1) is 6.92 Å². The van der Waals surface area contributed by atoms with E-state index in [-0.39, 0.29) is 6.04 Å². The average molecular weight is 257 g/mol. The number of aromatic nitrogens is 2. The minimum Gasteiger partial charge on any atom is -0.478 e. The number of hydrogen-bond acceptors (Lipinski definition) is 5. The topological polar surface area (TPSA) is 64.1 Å². The summed E-state index contributed by atoms with van der Waals surface area (Å²) in [5.74, 6) is 2.52. The lowest BCUT2D eigenvalue weighted by molar-refractivity contribution is 0.325. The molecule has 0 aromatic carbocycles. The van der Waals surface area contributed by atoms with E-state index >= 15 is 0 Å². The van der Waals surface area contributed by atoms with Gasteiger partial charge in [-0.25, -0.2) is 4.98 Å². The fraction of sp³-hybridized carbons (Fsp3) is 0.636. The minimum atomic E-state index is -0.821. The first-order chi connectivity index (χ1) is 8.01. The van der Waals surface area contributed by atoms with E-state index < -0.39 is 10.8 Å². The fourth-order valence-corrected chi connectivity index (χ4v) is 2.27. The standard InChI is InChI=1S/C11H19N3O2S/c1-5-16-11-6-10(13-9(3)14-11)12-8(2)7-17(4)15/h6,8H,5,7H2,1-4H3,(H,12,13,14). The third-order valence-corrected chi connectivity index (χ3v) is 2.96. The van der Waals surface area contributed by atoms with Crippen LogP contribution in [-0.4, -0.2) is 38.8 Å². The van der Waals surface area contributed by atoms with Gasteiger partial charge in [0.05, 0.1) is 6.61 Å². The predicted octanol–water partition coefficient (Wildman–Crippen LogP) is 1.36.